The van der Waals surface area contributed by atoms with E-state index >= 15 is 0 Å². The SMILES string of the molecule is CC(C)C[C@@H]1C[C@H]1NCc1ccc(C(=O)O)cc1. The largest absolute Gasteiger partial charge is 0.478 e. The van der Waals surface area contributed by atoms with Gasteiger partial charge in [-0.3, -0.25) is 0 Å². The Kier molecular flexibility index (Phi) is 4.02. The smallest absolute Gasteiger partial charge is 0.335 e. The molecule has 0 amide bonds. The fourth-order valence-electron chi connectivity index (χ4n) is 2.38. The van der Waals surface area contributed by atoms with Crippen molar-refractivity contribution in [1.29, 1.82) is 0 Å². The van der Waals surface area contributed by atoms with Gasteiger partial charge in [0.15, 0.2) is 0 Å². The molecule has 2 rings (SSSR count). The number of carboxylic acid groups (broad SMARTS) is 1. The van der Waals surface area contributed by atoms with Crippen LogP contribution in [0.15, 0.2) is 24.3 Å². The highest BCUT2D eigenvalue weighted by Crippen LogP contribution is 2.36. The van der Waals surface area contributed by atoms with Gasteiger partial charge in [0.1, 0.15) is 0 Å². The monoisotopic (exact) mass is 247 g/mol. The van der Waals surface area contributed by atoms with E-state index in [2.05, 4.69) is 19.2 Å². The average molecular weight is 247 g/mol. The van der Waals surface area contributed by atoms with Crippen LogP contribution in [0, 0.1) is 11.8 Å². The highest BCUT2D eigenvalue weighted by Gasteiger charge is 2.36. The molecule has 3 nitrogen and oxygen atoms in total. The van der Waals surface area contributed by atoms with E-state index in [1.165, 1.54) is 12.8 Å². The van der Waals surface area contributed by atoms with Crippen molar-refractivity contribution in [2.75, 3.05) is 0 Å². The molecule has 1 aromatic rings. The summed E-state index contributed by atoms with van der Waals surface area (Å²) in [5.41, 5.74) is 1.50. The summed E-state index contributed by atoms with van der Waals surface area (Å²) in [4.78, 5) is 10.7. The molecule has 98 valence electrons. The molecule has 0 bridgehead atoms. The zero-order valence-electron chi connectivity index (χ0n) is 11.0. The molecular formula is C15H21NO2. The Morgan fingerprint density at radius 2 is 2.06 bits per heavy atom. The van der Waals surface area contributed by atoms with Crippen molar-refractivity contribution in [3.63, 3.8) is 0 Å². The van der Waals surface area contributed by atoms with E-state index in [0.717, 1.165) is 23.9 Å². The summed E-state index contributed by atoms with van der Waals surface area (Å²) < 4.78 is 0. The van der Waals surface area contributed by atoms with Crippen molar-refractivity contribution in [2.45, 2.75) is 39.3 Å². The zero-order valence-corrected chi connectivity index (χ0v) is 11.0. The molecule has 0 spiro atoms. The van der Waals surface area contributed by atoms with Gasteiger partial charge in [-0.05, 0) is 42.4 Å². The first-order chi connectivity index (χ1) is 8.56. The molecule has 2 atom stereocenters. The Labute approximate surface area is 108 Å². The maximum Gasteiger partial charge on any atom is 0.335 e. The number of hydrogen-bond acceptors (Lipinski definition) is 2. The van der Waals surface area contributed by atoms with Crippen molar-refractivity contribution in [1.82, 2.24) is 5.32 Å². The Balaban J connectivity index is 1.76. The molecule has 18 heavy (non-hydrogen) atoms. The molecule has 0 unspecified atom stereocenters. The van der Waals surface area contributed by atoms with E-state index in [1.54, 1.807) is 12.1 Å². The van der Waals surface area contributed by atoms with E-state index in [0.29, 0.717) is 11.6 Å². The second-order valence-corrected chi connectivity index (χ2v) is 5.61. The highest BCUT2D eigenvalue weighted by atomic mass is 16.4. The topological polar surface area (TPSA) is 49.3 Å². The number of rotatable bonds is 6. The second-order valence-electron chi connectivity index (χ2n) is 5.61. The molecular weight excluding hydrogens is 226 g/mol. The fourth-order valence-corrected chi connectivity index (χ4v) is 2.38. The van der Waals surface area contributed by atoms with Crippen LogP contribution in [0.4, 0.5) is 0 Å². The molecule has 1 aliphatic rings. The summed E-state index contributed by atoms with van der Waals surface area (Å²) in [5, 5.41) is 12.3. The molecule has 1 fully saturated rings. The van der Waals surface area contributed by atoms with Gasteiger partial charge in [-0.25, -0.2) is 4.79 Å². The Morgan fingerprint density at radius 3 is 2.61 bits per heavy atom. The first kappa shape index (κ1) is 13.1. The van der Waals surface area contributed by atoms with Crippen molar-refractivity contribution in [3.8, 4) is 0 Å². The fraction of sp³-hybridized carbons (Fsp3) is 0.533. The first-order valence-electron chi connectivity index (χ1n) is 6.62. The van der Waals surface area contributed by atoms with E-state index in [1.807, 2.05) is 12.1 Å². The molecule has 1 saturated carbocycles. The Bertz CT molecular complexity index is 411. The lowest BCUT2D eigenvalue weighted by molar-refractivity contribution is 0.0697. The Hall–Kier alpha value is -1.35. The lowest BCUT2D eigenvalue weighted by Gasteiger charge is -2.06. The van der Waals surface area contributed by atoms with Gasteiger partial charge in [0, 0.05) is 12.6 Å². The summed E-state index contributed by atoms with van der Waals surface area (Å²) in [6.07, 6.45) is 2.58. The van der Waals surface area contributed by atoms with Crippen LogP contribution in [0.2, 0.25) is 0 Å². The minimum Gasteiger partial charge on any atom is -0.478 e. The highest BCUT2D eigenvalue weighted by molar-refractivity contribution is 5.87. The third-order valence-electron chi connectivity index (χ3n) is 3.47. The third-order valence-corrected chi connectivity index (χ3v) is 3.47. The number of aromatic carboxylic acids is 1. The van der Waals surface area contributed by atoms with Gasteiger partial charge in [-0.2, -0.15) is 0 Å². The molecule has 0 heterocycles. The van der Waals surface area contributed by atoms with Crippen LogP contribution in [0.5, 0.6) is 0 Å². The summed E-state index contributed by atoms with van der Waals surface area (Å²) >= 11 is 0. The number of benzene rings is 1. The predicted octanol–water partition coefficient (Wildman–Crippen LogP) is 2.91. The number of carbonyl (C=O) groups is 1. The van der Waals surface area contributed by atoms with Gasteiger partial charge < -0.3 is 10.4 Å². The number of carboxylic acids is 1. The van der Waals surface area contributed by atoms with Crippen molar-refractivity contribution in [2.24, 2.45) is 11.8 Å². The summed E-state index contributed by atoms with van der Waals surface area (Å²) in [6, 6.07) is 7.76. The van der Waals surface area contributed by atoms with Gasteiger partial charge >= 0.3 is 5.97 Å². The van der Waals surface area contributed by atoms with Gasteiger partial charge in [-0.1, -0.05) is 26.0 Å². The summed E-state index contributed by atoms with van der Waals surface area (Å²) in [7, 11) is 0. The standard InChI is InChI=1S/C15H21NO2/c1-10(2)7-13-8-14(13)16-9-11-3-5-12(6-4-11)15(17)18/h3-6,10,13-14,16H,7-9H2,1-2H3,(H,17,18)/t13-,14-/m1/s1. The maximum absolute atomic E-state index is 10.7. The molecule has 0 saturated heterocycles. The Morgan fingerprint density at radius 1 is 1.39 bits per heavy atom. The number of nitrogens with one attached hydrogen (secondary N) is 1. The second kappa shape index (κ2) is 5.53. The van der Waals surface area contributed by atoms with Crippen molar-refractivity contribution >= 4 is 5.97 Å². The first-order valence-corrected chi connectivity index (χ1v) is 6.62. The lowest BCUT2D eigenvalue weighted by Crippen LogP contribution is -2.18. The minimum atomic E-state index is -0.867. The quantitative estimate of drug-likeness (QED) is 0.812. The predicted molar refractivity (Wildman–Crippen MR) is 71.6 cm³/mol. The molecule has 2 N–H and O–H groups in total. The van der Waals surface area contributed by atoms with Crippen LogP contribution in [0.1, 0.15) is 42.6 Å². The average Bonchev–Trinajstić information content (AvgIpc) is 3.04. The van der Waals surface area contributed by atoms with Crippen molar-refractivity contribution < 1.29 is 9.90 Å². The molecule has 3 heteroatoms. The van der Waals surface area contributed by atoms with Gasteiger partial charge in [-0.15, -0.1) is 0 Å². The molecule has 0 aromatic heterocycles. The summed E-state index contributed by atoms with van der Waals surface area (Å²) in [6.45, 7) is 5.36. The van der Waals surface area contributed by atoms with Crippen LogP contribution < -0.4 is 5.32 Å². The van der Waals surface area contributed by atoms with Crippen molar-refractivity contribution in [3.05, 3.63) is 35.4 Å². The normalized spacial score (nSPS) is 22.2. The van der Waals surface area contributed by atoms with Crippen LogP contribution in [-0.4, -0.2) is 17.1 Å². The van der Waals surface area contributed by atoms with Crippen LogP contribution >= 0.6 is 0 Å². The zero-order chi connectivity index (χ0) is 13.1. The minimum absolute atomic E-state index is 0.350. The van der Waals surface area contributed by atoms with Crippen LogP contribution in [-0.2, 0) is 6.54 Å². The van der Waals surface area contributed by atoms with Gasteiger partial charge in [0.25, 0.3) is 0 Å². The van der Waals surface area contributed by atoms with E-state index in [-0.39, 0.29) is 0 Å². The van der Waals surface area contributed by atoms with Gasteiger partial charge in [0.2, 0.25) is 0 Å². The summed E-state index contributed by atoms with van der Waals surface area (Å²) in [5.74, 6) is 0.744. The third kappa shape index (κ3) is 3.57. The molecule has 1 aromatic carbocycles. The van der Waals surface area contributed by atoms with Crippen LogP contribution in [0.3, 0.4) is 0 Å². The van der Waals surface area contributed by atoms with Crippen LogP contribution in [0.25, 0.3) is 0 Å². The lowest BCUT2D eigenvalue weighted by atomic mass is 10.1. The molecule has 1 aliphatic carbocycles. The van der Waals surface area contributed by atoms with E-state index in [9.17, 15) is 4.79 Å². The molecule has 0 radical (unpaired) electrons. The van der Waals surface area contributed by atoms with Gasteiger partial charge in [0.05, 0.1) is 5.56 Å². The maximum atomic E-state index is 10.7. The number of hydrogen-bond donors (Lipinski definition) is 2. The van der Waals surface area contributed by atoms with E-state index in [4.69, 9.17) is 5.11 Å². The van der Waals surface area contributed by atoms with E-state index < -0.39 is 5.97 Å². The molecule has 0 aliphatic heterocycles.